The van der Waals surface area contributed by atoms with Crippen LogP contribution in [0.2, 0.25) is 0 Å². The van der Waals surface area contributed by atoms with Crippen molar-refractivity contribution in [2.45, 2.75) is 19.0 Å². The van der Waals surface area contributed by atoms with Gasteiger partial charge in [-0.1, -0.05) is 30.3 Å². The van der Waals surface area contributed by atoms with Gasteiger partial charge in [0, 0.05) is 49.7 Å². The van der Waals surface area contributed by atoms with Crippen LogP contribution in [0.4, 0.5) is 21.5 Å². The first-order chi connectivity index (χ1) is 16.5. The van der Waals surface area contributed by atoms with Crippen molar-refractivity contribution in [3.8, 4) is 0 Å². The lowest BCUT2D eigenvalue weighted by Gasteiger charge is -2.49. The highest BCUT2D eigenvalue weighted by molar-refractivity contribution is 5.82. The predicted octanol–water partition coefficient (Wildman–Crippen LogP) is 3.92. The number of halogens is 1. The third-order valence-electron chi connectivity index (χ3n) is 6.72. The standard InChI is InChI=1S/C26H25FN4O3/c27-20-6-4-5-18(13-20)16-28-26(32)23-15-19-14-22(31(33)34)9-10-24(19)30-12-11-29(17-25(23)30)21-7-2-1-3-8-21/h1-10,13-14,23,25H,11-12,15-17H2,(H,28,32). The molecule has 1 fully saturated rings. The molecular weight excluding hydrogens is 435 g/mol. The second-order valence-corrected chi connectivity index (χ2v) is 8.77. The third-order valence-corrected chi connectivity index (χ3v) is 6.72. The van der Waals surface area contributed by atoms with Crippen molar-refractivity contribution in [3.05, 3.63) is 99.9 Å². The summed E-state index contributed by atoms with van der Waals surface area (Å²) in [5.41, 5.74) is 3.59. The monoisotopic (exact) mass is 460 g/mol. The van der Waals surface area contributed by atoms with E-state index in [0.29, 0.717) is 25.1 Å². The summed E-state index contributed by atoms with van der Waals surface area (Å²) >= 11 is 0. The molecule has 1 amide bonds. The molecule has 174 valence electrons. The molecule has 0 bridgehead atoms. The molecule has 2 aliphatic rings. The molecule has 3 aromatic carbocycles. The van der Waals surface area contributed by atoms with E-state index in [1.165, 1.54) is 18.2 Å². The van der Waals surface area contributed by atoms with Gasteiger partial charge in [0.05, 0.1) is 16.9 Å². The van der Waals surface area contributed by atoms with Gasteiger partial charge >= 0.3 is 0 Å². The Labute approximate surface area is 197 Å². The maximum absolute atomic E-state index is 13.6. The molecule has 3 aromatic rings. The normalized spacial score (nSPS) is 19.2. The lowest BCUT2D eigenvalue weighted by molar-refractivity contribution is -0.384. The van der Waals surface area contributed by atoms with Crippen molar-refractivity contribution < 1.29 is 14.1 Å². The van der Waals surface area contributed by atoms with Crippen LogP contribution in [0.25, 0.3) is 0 Å². The molecule has 8 heteroatoms. The molecule has 2 unspecified atom stereocenters. The SMILES string of the molecule is O=C(NCc1cccc(F)c1)C1Cc2cc([N+](=O)[O-])ccc2N2CCN(c3ccccc3)CC12. The largest absolute Gasteiger partial charge is 0.368 e. The predicted molar refractivity (Wildman–Crippen MR) is 128 cm³/mol. The molecule has 2 aliphatic heterocycles. The van der Waals surface area contributed by atoms with Gasteiger partial charge in [-0.3, -0.25) is 14.9 Å². The number of amides is 1. The first-order valence-electron chi connectivity index (χ1n) is 11.4. The molecule has 0 saturated carbocycles. The Morgan fingerprint density at radius 2 is 1.88 bits per heavy atom. The van der Waals surface area contributed by atoms with Gasteiger partial charge in [-0.15, -0.1) is 0 Å². The molecule has 0 aliphatic carbocycles. The van der Waals surface area contributed by atoms with Crippen LogP contribution in [0.15, 0.2) is 72.8 Å². The van der Waals surface area contributed by atoms with E-state index in [1.54, 1.807) is 24.3 Å². The highest BCUT2D eigenvalue weighted by atomic mass is 19.1. The number of anilines is 2. The maximum Gasteiger partial charge on any atom is 0.269 e. The van der Waals surface area contributed by atoms with Crippen molar-refractivity contribution in [1.82, 2.24) is 5.32 Å². The van der Waals surface area contributed by atoms with Gasteiger partial charge in [0.1, 0.15) is 5.82 Å². The number of nitrogens with zero attached hydrogens (tertiary/aromatic N) is 3. The smallest absolute Gasteiger partial charge is 0.269 e. The summed E-state index contributed by atoms with van der Waals surface area (Å²) in [4.78, 5) is 28.8. The van der Waals surface area contributed by atoms with Crippen LogP contribution >= 0.6 is 0 Å². The maximum atomic E-state index is 13.6. The molecule has 5 rings (SSSR count). The van der Waals surface area contributed by atoms with Crippen LogP contribution in [0, 0.1) is 21.8 Å². The Morgan fingerprint density at radius 3 is 2.65 bits per heavy atom. The van der Waals surface area contributed by atoms with Crippen LogP contribution < -0.4 is 15.1 Å². The zero-order valence-electron chi connectivity index (χ0n) is 18.6. The number of fused-ring (bicyclic) bond motifs is 3. The fourth-order valence-electron chi connectivity index (χ4n) is 5.06. The zero-order chi connectivity index (χ0) is 23.7. The van der Waals surface area contributed by atoms with Gasteiger partial charge in [0.25, 0.3) is 5.69 Å². The number of hydrogen-bond donors (Lipinski definition) is 1. The molecule has 0 aromatic heterocycles. The van der Waals surface area contributed by atoms with Crippen molar-refractivity contribution >= 4 is 23.0 Å². The van der Waals surface area contributed by atoms with Gasteiger partial charge in [-0.2, -0.15) is 0 Å². The molecule has 34 heavy (non-hydrogen) atoms. The van der Waals surface area contributed by atoms with Crippen LogP contribution in [-0.2, 0) is 17.8 Å². The Kier molecular flexibility index (Phi) is 5.88. The fourth-order valence-corrected chi connectivity index (χ4v) is 5.06. The van der Waals surface area contributed by atoms with Crippen molar-refractivity contribution in [1.29, 1.82) is 0 Å². The van der Waals surface area contributed by atoms with Crippen LogP contribution in [0.1, 0.15) is 11.1 Å². The highest BCUT2D eigenvalue weighted by Gasteiger charge is 2.42. The molecule has 1 saturated heterocycles. The van der Waals surface area contributed by atoms with E-state index in [1.807, 2.05) is 18.2 Å². The van der Waals surface area contributed by atoms with Crippen molar-refractivity contribution in [2.24, 2.45) is 5.92 Å². The van der Waals surface area contributed by atoms with E-state index in [2.05, 4.69) is 27.2 Å². The number of para-hydroxylation sites is 1. The summed E-state index contributed by atoms with van der Waals surface area (Å²) in [6, 6.07) is 21.1. The number of nitrogens with one attached hydrogen (secondary N) is 1. The Balaban J connectivity index is 1.43. The van der Waals surface area contributed by atoms with Crippen LogP contribution in [-0.4, -0.2) is 36.5 Å². The number of carbonyl (C=O) groups excluding carboxylic acids is 1. The van der Waals surface area contributed by atoms with Gasteiger partial charge in [0.15, 0.2) is 0 Å². The summed E-state index contributed by atoms with van der Waals surface area (Å²) in [6.45, 7) is 2.38. The Morgan fingerprint density at radius 1 is 1.06 bits per heavy atom. The van der Waals surface area contributed by atoms with Crippen LogP contribution in [0.5, 0.6) is 0 Å². The van der Waals surface area contributed by atoms with Gasteiger partial charge < -0.3 is 15.1 Å². The minimum Gasteiger partial charge on any atom is -0.368 e. The molecular formula is C26H25FN4O3. The number of hydrogen-bond acceptors (Lipinski definition) is 5. The number of nitro benzene ring substituents is 1. The number of nitro groups is 1. The summed E-state index contributed by atoms with van der Waals surface area (Å²) in [6.07, 6.45) is 0.412. The number of carbonyl (C=O) groups is 1. The number of rotatable bonds is 5. The fraction of sp³-hybridized carbons (Fsp3) is 0.269. The van der Waals surface area contributed by atoms with Crippen molar-refractivity contribution in [2.75, 3.05) is 29.4 Å². The lowest BCUT2D eigenvalue weighted by atomic mass is 9.83. The first kappa shape index (κ1) is 21.9. The molecule has 0 spiro atoms. The van der Waals surface area contributed by atoms with Gasteiger partial charge in [-0.05, 0) is 47.9 Å². The van der Waals surface area contributed by atoms with E-state index in [9.17, 15) is 19.3 Å². The lowest BCUT2D eigenvalue weighted by Crippen LogP contribution is -2.61. The highest BCUT2D eigenvalue weighted by Crippen LogP contribution is 2.38. The summed E-state index contributed by atoms with van der Waals surface area (Å²) in [5, 5.41) is 14.3. The molecule has 1 N–H and O–H groups in total. The summed E-state index contributed by atoms with van der Waals surface area (Å²) in [5.74, 6) is -0.872. The quantitative estimate of drug-likeness (QED) is 0.461. The summed E-state index contributed by atoms with van der Waals surface area (Å²) in [7, 11) is 0. The van der Waals surface area contributed by atoms with Gasteiger partial charge in [-0.25, -0.2) is 4.39 Å². The molecule has 0 radical (unpaired) electrons. The van der Waals surface area contributed by atoms with E-state index < -0.39 is 10.8 Å². The number of piperazine rings is 1. The second kappa shape index (κ2) is 9.13. The van der Waals surface area contributed by atoms with E-state index in [-0.39, 0.29) is 30.0 Å². The van der Waals surface area contributed by atoms with Crippen LogP contribution in [0.3, 0.4) is 0 Å². The van der Waals surface area contributed by atoms with Gasteiger partial charge in [0.2, 0.25) is 5.91 Å². The van der Waals surface area contributed by atoms with E-state index >= 15 is 0 Å². The minimum absolute atomic E-state index is 0.0269. The van der Waals surface area contributed by atoms with E-state index in [4.69, 9.17) is 0 Å². The first-order valence-corrected chi connectivity index (χ1v) is 11.4. The molecule has 2 atom stereocenters. The molecule has 2 heterocycles. The second-order valence-electron chi connectivity index (χ2n) is 8.77. The summed E-state index contributed by atoms with van der Waals surface area (Å²) < 4.78 is 13.6. The Hall–Kier alpha value is -3.94. The minimum atomic E-state index is -0.404. The van der Waals surface area contributed by atoms with E-state index in [0.717, 1.165) is 23.5 Å². The number of non-ortho nitro benzene ring substituents is 1. The van der Waals surface area contributed by atoms with Crippen molar-refractivity contribution in [3.63, 3.8) is 0 Å². The zero-order valence-corrected chi connectivity index (χ0v) is 18.6. The topological polar surface area (TPSA) is 78.7 Å². The molecule has 7 nitrogen and oxygen atoms in total. The average molecular weight is 461 g/mol. The number of benzene rings is 3. The Bertz CT molecular complexity index is 1220. The third kappa shape index (κ3) is 4.31. The average Bonchev–Trinajstić information content (AvgIpc) is 2.86.